The molecule has 1 aliphatic carbocycles. The molecule has 0 spiro atoms. The monoisotopic (exact) mass is 315 g/mol. The maximum atomic E-state index is 10.3. The Labute approximate surface area is 136 Å². The molecule has 2 aromatic heterocycles. The SMILES string of the molecule is CCc1ccc(CN2CCCn3nc(C(O)C4CC4)cc3C2)o1. The maximum Gasteiger partial charge on any atom is 0.118 e. The minimum Gasteiger partial charge on any atom is -0.465 e. The van der Waals surface area contributed by atoms with E-state index in [4.69, 9.17) is 4.42 Å². The first-order chi connectivity index (χ1) is 11.2. The highest BCUT2D eigenvalue weighted by Crippen LogP contribution is 2.40. The molecule has 0 saturated heterocycles. The van der Waals surface area contributed by atoms with Gasteiger partial charge in [-0.1, -0.05) is 6.92 Å². The van der Waals surface area contributed by atoms with Crippen LogP contribution in [0.3, 0.4) is 0 Å². The van der Waals surface area contributed by atoms with Crippen molar-refractivity contribution in [3.8, 4) is 0 Å². The highest BCUT2D eigenvalue weighted by atomic mass is 16.3. The van der Waals surface area contributed by atoms with E-state index in [1.54, 1.807) is 0 Å². The summed E-state index contributed by atoms with van der Waals surface area (Å²) in [6.07, 6.45) is 3.91. The van der Waals surface area contributed by atoms with Gasteiger partial charge in [0.25, 0.3) is 0 Å². The van der Waals surface area contributed by atoms with Gasteiger partial charge in [0.2, 0.25) is 0 Å². The molecule has 5 heteroatoms. The Balaban J connectivity index is 1.47. The molecule has 1 N–H and O–H groups in total. The zero-order valence-electron chi connectivity index (χ0n) is 13.7. The van der Waals surface area contributed by atoms with E-state index < -0.39 is 0 Å². The van der Waals surface area contributed by atoms with E-state index in [1.807, 2.05) is 0 Å². The molecular formula is C18H25N3O2. The van der Waals surface area contributed by atoms with Gasteiger partial charge in [-0.05, 0) is 43.4 Å². The number of hydrogen-bond acceptors (Lipinski definition) is 4. The molecule has 0 radical (unpaired) electrons. The van der Waals surface area contributed by atoms with Gasteiger partial charge in [-0.3, -0.25) is 9.58 Å². The van der Waals surface area contributed by atoms with Crippen molar-refractivity contribution < 1.29 is 9.52 Å². The molecule has 1 atom stereocenters. The number of aryl methyl sites for hydroxylation is 2. The van der Waals surface area contributed by atoms with Gasteiger partial charge in [0.1, 0.15) is 17.6 Å². The van der Waals surface area contributed by atoms with E-state index in [2.05, 4.69) is 39.8 Å². The molecule has 1 saturated carbocycles. The fraction of sp³-hybridized carbons (Fsp3) is 0.611. The predicted molar refractivity (Wildman–Crippen MR) is 86.7 cm³/mol. The van der Waals surface area contributed by atoms with Crippen molar-refractivity contribution >= 4 is 0 Å². The first-order valence-corrected chi connectivity index (χ1v) is 8.77. The van der Waals surface area contributed by atoms with Gasteiger partial charge in [-0.2, -0.15) is 5.10 Å². The summed E-state index contributed by atoms with van der Waals surface area (Å²) in [4.78, 5) is 2.41. The van der Waals surface area contributed by atoms with Crippen molar-refractivity contribution in [3.63, 3.8) is 0 Å². The van der Waals surface area contributed by atoms with Gasteiger partial charge in [-0.15, -0.1) is 0 Å². The number of aromatic nitrogens is 2. The molecule has 124 valence electrons. The molecule has 23 heavy (non-hydrogen) atoms. The summed E-state index contributed by atoms with van der Waals surface area (Å²) in [6.45, 7) is 5.80. The second-order valence-electron chi connectivity index (χ2n) is 6.85. The Kier molecular flexibility index (Phi) is 3.99. The third-order valence-electron chi connectivity index (χ3n) is 4.93. The van der Waals surface area contributed by atoms with Crippen molar-refractivity contribution in [1.29, 1.82) is 0 Å². The molecule has 4 rings (SSSR count). The van der Waals surface area contributed by atoms with Gasteiger partial charge < -0.3 is 9.52 Å². The first-order valence-electron chi connectivity index (χ1n) is 8.77. The minimum absolute atomic E-state index is 0.375. The smallest absolute Gasteiger partial charge is 0.118 e. The quantitative estimate of drug-likeness (QED) is 0.922. The van der Waals surface area contributed by atoms with Crippen LogP contribution in [0, 0.1) is 5.92 Å². The topological polar surface area (TPSA) is 54.4 Å². The highest BCUT2D eigenvalue weighted by Gasteiger charge is 2.33. The molecule has 0 aromatic carbocycles. The molecule has 0 bridgehead atoms. The molecular weight excluding hydrogens is 290 g/mol. The lowest BCUT2D eigenvalue weighted by atomic mass is 10.1. The van der Waals surface area contributed by atoms with Gasteiger partial charge in [-0.25, -0.2) is 0 Å². The number of fused-ring (bicyclic) bond motifs is 1. The summed E-state index contributed by atoms with van der Waals surface area (Å²) >= 11 is 0. The molecule has 1 unspecified atom stereocenters. The molecule has 2 aromatic rings. The van der Waals surface area contributed by atoms with E-state index in [-0.39, 0.29) is 6.10 Å². The van der Waals surface area contributed by atoms with Crippen LogP contribution in [0.2, 0.25) is 0 Å². The lowest BCUT2D eigenvalue weighted by Crippen LogP contribution is -2.22. The van der Waals surface area contributed by atoms with Crippen LogP contribution in [0.25, 0.3) is 0 Å². The van der Waals surface area contributed by atoms with Crippen molar-refractivity contribution in [3.05, 3.63) is 41.1 Å². The number of nitrogens with zero attached hydrogens (tertiary/aromatic N) is 3. The Morgan fingerprint density at radius 1 is 1.30 bits per heavy atom. The Bertz CT molecular complexity index is 672. The van der Waals surface area contributed by atoms with Gasteiger partial charge in [0.15, 0.2) is 0 Å². The molecule has 3 heterocycles. The van der Waals surface area contributed by atoms with Gasteiger partial charge in [0.05, 0.1) is 17.9 Å². The van der Waals surface area contributed by atoms with Crippen molar-refractivity contribution in [2.75, 3.05) is 6.54 Å². The molecule has 5 nitrogen and oxygen atoms in total. The van der Waals surface area contributed by atoms with Gasteiger partial charge >= 0.3 is 0 Å². The fourth-order valence-corrected chi connectivity index (χ4v) is 3.40. The number of furan rings is 1. The van der Waals surface area contributed by atoms with Crippen molar-refractivity contribution in [2.24, 2.45) is 5.92 Å². The Hall–Kier alpha value is -1.59. The van der Waals surface area contributed by atoms with Crippen LogP contribution >= 0.6 is 0 Å². The largest absolute Gasteiger partial charge is 0.465 e. The average molecular weight is 315 g/mol. The van der Waals surface area contributed by atoms with Crippen LogP contribution in [0.5, 0.6) is 0 Å². The third-order valence-corrected chi connectivity index (χ3v) is 4.93. The predicted octanol–water partition coefficient (Wildman–Crippen LogP) is 2.89. The molecule has 1 aliphatic heterocycles. The second kappa shape index (κ2) is 6.13. The van der Waals surface area contributed by atoms with Crippen molar-refractivity contribution in [2.45, 2.75) is 58.3 Å². The van der Waals surface area contributed by atoms with Crippen LogP contribution in [0.15, 0.2) is 22.6 Å². The van der Waals surface area contributed by atoms with E-state index in [1.165, 1.54) is 5.69 Å². The lowest BCUT2D eigenvalue weighted by Gasteiger charge is -2.17. The van der Waals surface area contributed by atoms with E-state index in [0.29, 0.717) is 5.92 Å². The van der Waals surface area contributed by atoms with Crippen LogP contribution in [0.4, 0.5) is 0 Å². The van der Waals surface area contributed by atoms with E-state index >= 15 is 0 Å². The number of hydrogen-bond donors (Lipinski definition) is 1. The zero-order chi connectivity index (χ0) is 15.8. The first kappa shape index (κ1) is 15.0. The summed E-state index contributed by atoms with van der Waals surface area (Å²) in [6, 6.07) is 6.26. The summed E-state index contributed by atoms with van der Waals surface area (Å²) in [7, 11) is 0. The average Bonchev–Trinajstić information content (AvgIpc) is 3.23. The second-order valence-corrected chi connectivity index (χ2v) is 6.85. The Morgan fingerprint density at radius 3 is 2.87 bits per heavy atom. The lowest BCUT2D eigenvalue weighted by molar-refractivity contribution is 0.148. The zero-order valence-corrected chi connectivity index (χ0v) is 13.7. The van der Waals surface area contributed by atoms with Crippen LogP contribution < -0.4 is 0 Å². The van der Waals surface area contributed by atoms with Crippen LogP contribution in [-0.4, -0.2) is 26.3 Å². The van der Waals surface area contributed by atoms with Gasteiger partial charge in [0, 0.05) is 26.1 Å². The summed E-state index contributed by atoms with van der Waals surface area (Å²) in [5.41, 5.74) is 2.06. The standard InChI is InChI=1S/C18H25N3O2/c1-2-15-6-7-16(23-15)12-20-8-3-9-21-14(11-20)10-17(19-21)18(22)13-4-5-13/h6-7,10,13,18,22H,2-5,8-9,11-12H2,1H3. The molecule has 1 fully saturated rings. The fourth-order valence-electron chi connectivity index (χ4n) is 3.40. The summed E-state index contributed by atoms with van der Waals surface area (Å²) in [5, 5.41) is 15.0. The molecule has 2 aliphatic rings. The normalized spacial score (nSPS) is 20.3. The number of aliphatic hydroxyl groups excluding tert-OH is 1. The summed E-state index contributed by atoms with van der Waals surface area (Å²) < 4.78 is 7.93. The van der Waals surface area contributed by atoms with Crippen LogP contribution in [0.1, 0.15) is 55.2 Å². The van der Waals surface area contributed by atoms with Crippen molar-refractivity contribution in [1.82, 2.24) is 14.7 Å². The minimum atomic E-state index is -0.375. The number of aliphatic hydroxyl groups is 1. The molecule has 0 amide bonds. The summed E-state index contributed by atoms with van der Waals surface area (Å²) in [5.74, 6) is 2.52. The maximum absolute atomic E-state index is 10.3. The number of rotatable bonds is 5. The Morgan fingerprint density at radius 2 is 2.13 bits per heavy atom. The van der Waals surface area contributed by atoms with E-state index in [9.17, 15) is 5.11 Å². The van der Waals surface area contributed by atoms with E-state index in [0.717, 1.165) is 69.1 Å². The third kappa shape index (κ3) is 3.21. The van der Waals surface area contributed by atoms with Crippen LogP contribution in [-0.2, 0) is 26.1 Å². The highest BCUT2D eigenvalue weighted by molar-refractivity contribution is 5.16.